The molecule has 8 nitrogen and oxygen atoms in total. The molecule has 1 saturated heterocycles. The lowest BCUT2D eigenvalue weighted by atomic mass is 9.93. The zero-order valence-electron chi connectivity index (χ0n) is 17.0. The highest BCUT2D eigenvalue weighted by Crippen LogP contribution is 2.30. The lowest BCUT2D eigenvalue weighted by Gasteiger charge is -2.34. The molecule has 3 N–H and O–H groups in total. The number of nitrogens with two attached hydrogens (primary N) is 1. The number of nitrogen functional groups attached to an aromatic ring is 1. The van der Waals surface area contributed by atoms with E-state index in [1.54, 1.807) is 18.2 Å². The van der Waals surface area contributed by atoms with Crippen LogP contribution in [0.3, 0.4) is 0 Å². The molecule has 0 saturated carbocycles. The normalized spacial score (nSPS) is 14.7. The van der Waals surface area contributed by atoms with Crippen LogP contribution in [0, 0.1) is 12.8 Å². The molecule has 1 aromatic heterocycles. The number of hydrogen-bond acceptors (Lipinski definition) is 7. The van der Waals surface area contributed by atoms with Crippen LogP contribution in [0.5, 0.6) is 6.01 Å². The van der Waals surface area contributed by atoms with Crippen LogP contribution in [0.2, 0.25) is 0 Å². The minimum absolute atomic E-state index is 0.275. The average Bonchev–Trinajstić information content (AvgIpc) is 2.70. The number of halogens is 1. The number of carboxylic acid groups (broad SMARTS) is 1. The first-order valence-electron chi connectivity index (χ1n) is 10.0. The van der Waals surface area contributed by atoms with Gasteiger partial charge in [-0.1, -0.05) is 15.9 Å². The number of aryl methyl sites for hydroxylation is 1. The number of carbonyl (C=O) groups is 1. The molecule has 2 heterocycles. The fourth-order valence-corrected chi connectivity index (χ4v) is 3.93. The van der Waals surface area contributed by atoms with E-state index in [1.807, 2.05) is 13.0 Å². The number of benzene rings is 1. The van der Waals surface area contributed by atoms with Gasteiger partial charge in [0.25, 0.3) is 0 Å². The van der Waals surface area contributed by atoms with Crippen molar-refractivity contribution in [1.29, 1.82) is 0 Å². The predicted molar refractivity (Wildman–Crippen MR) is 118 cm³/mol. The Bertz CT molecular complexity index is 852. The van der Waals surface area contributed by atoms with Crippen LogP contribution in [0.15, 0.2) is 28.7 Å². The van der Waals surface area contributed by atoms with E-state index in [9.17, 15) is 9.90 Å². The summed E-state index contributed by atoms with van der Waals surface area (Å²) in [7, 11) is 0. The highest BCUT2D eigenvalue weighted by molar-refractivity contribution is 9.10. The number of aromatic carboxylic acids is 1. The summed E-state index contributed by atoms with van der Waals surface area (Å²) in [6, 6.07) is 7.27. The van der Waals surface area contributed by atoms with Crippen molar-refractivity contribution in [2.24, 2.45) is 5.92 Å². The Morgan fingerprint density at radius 3 is 2.70 bits per heavy atom. The van der Waals surface area contributed by atoms with E-state index >= 15 is 0 Å². The van der Waals surface area contributed by atoms with Gasteiger partial charge in [0.05, 0.1) is 17.9 Å². The summed E-state index contributed by atoms with van der Waals surface area (Å²) in [6.07, 6.45) is 3.01. The smallest absolute Gasteiger partial charge is 0.337 e. The third-order valence-corrected chi connectivity index (χ3v) is 5.62. The molecule has 1 aliphatic rings. The van der Waals surface area contributed by atoms with Crippen LogP contribution in [0.1, 0.15) is 35.3 Å². The highest BCUT2D eigenvalue weighted by atomic mass is 79.9. The van der Waals surface area contributed by atoms with Crippen molar-refractivity contribution in [1.82, 2.24) is 9.97 Å². The van der Waals surface area contributed by atoms with Crippen LogP contribution in [-0.2, 0) is 4.74 Å². The summed E-state index contributed by atoms with van der Waals surface area (Å²) >= 11 is 3.44. The first-order valence-corrected chi connectivity index (χ1v) is 10.8. The molecule has 0 amide bonds. The molecule has 3 rings (SSSR count). The fraction of sp³-hybridized carbons (Fsp3) is 0.476. The minimum Gasteiger partial charge on any atom is -0.478 e. The maximum atomic E-state index is 11.5. The second-order valence-corrected chi connectivity index (χ2v) is 8.28. The van der Waals surface area contributed by atoms with Gasteiger partial charge in [0, 0.05) is 35.9 Å². The van der Waals surface area contributed by atoms with Gasteiger partial charge in [0.1, 0.15) is 12.4 Å². The quantitative estimate of drug-likeness (QED) is 0.526. The molecule has 162 valence electrons. The van der Waals surface area contributed by atoms with Gasteiger partial charge in [0.2, 0.25) is 0 Å². The van der Waals surface area contributed by atoms with Gasteiger partial charge < -0.3 is 25.2 Å². The Balaban J connectivity index is 1.36. The largest absolute Gasteiger partial charge is 0.478 e. The summed E-state index contributed by atoms with van der Waals surface area (Å²) < 4.78 is 12.1. The average molecular weight is 479 g/mol. The molecule has 0 spiro atoms. The number of ether oxygens (including phenoxy) is 2. The SMILES string of the molecule is Cc1cc(N)nc(OCCOCCC2CCN(c3cc(Br)ccc3C(=O)O)CC2)n1. The molecular weight excluding hydrogens is 452 g/mol. The standard InChI is InChI=1S/C21H27BrN4O4/c1-14-12-19(23)25-21(24-14)30-11-10-29-9-6-15-4-7-26(8-5-15)18-13-16(22)2-3-17(18)20(27)28/h2-3,12-13,15H,4-11H2,1H3,(H,27,28)(H2,23,24,25). The third kappa shape index (κ3) is 6.30. The Kier molecular flexibility index (Phi) is 7.87. The predicted octanol–water partition coefficient (Wildman–Crippen LogP) is 3.53. The van der Waals surface area contributed by atoms with Gasteiger partial charge in [-0.25, -0.2) is 9.78 Å². The van der Waals surface area contributed by atoms with Crippen molar-refractivity contribution < 1.29 is 19.4 Å². The molecule has 2 aromatic rings. The molecular formula is C21H27BrN4O4. The summed E-state index contributed by atoms with van der Waals surface area (Å²) in [5.41, 5.74) is 7.57. The number of rotatable bonds is 9. The van der Waals surface area contributed by atoms with Crippen molar-refractivity contribution in [3.8, 4) is 6.01 Å². The van der Waals surface area contributed by atoms with Crippen LogP contribution < -0.4 is 15.4 Å². The van der Waals surface area contributed by atoms with E-state index in [4.69, 9.17) is 15.2 Å². The van der Waals surface area contributed by atoms with E-state index in [0.717, 1.165) is 48.2 Å². The summed E-state index contributed by atoms with van der Waals surface area (Å²) in [6.45, 7) is 5.04. The number of anilines is 2. The van der Waals surface area contributed by atoms with Crippen LogP contribution in [0.4, 0.5) is 11.5 Å². The zero-order valence-corrected chi connectivity index (χ0v) is 18.6. The van der Waals surface area contributed by atoms with E-state index < -0.39 is 5.97 Å². The first-order chi connectivity index (χ1) is 14.4. The highest BCUT2D eigenvalue weighted by Gasteiger charge is 2.23. The lowest BCUT2D eigenvalue weighted by Crippen LogP contribution is -2.35. The maximum Gasteiger partial charge on any atom is 0.337 e. The van der Waals surface area contributed by atoms with Gasteiger partial charge >= 0.3 is 12.0 Å². The van der Waals surface area contributed by atoms with Gasteiger partial charge in [0.15, 0.2) is 0 Å². The molecule has 0 atom stereocenters. The topological polar surface area (TPSA) is 111 Å². The van der Waals surface area contributed by atoms with Crippen molar-refractivity contribution in [2.75, 3.05) is 43.5 Å². The fourth-order valence-electron chi connectivity index (χ4n) is 3.58. The van der Waals surface area contributed by atoms with Crippen LogP contribution in [0.25, 0.3) is 0 Å². The minimum atomic E-state index is -0.894. The Labute approximate surface area is 184 Å². The van der Waals surface area contributed by atoms with Gasteiger partial charge in [-0.3, -0.25) is 0 Å². The van der Waals surface area contributed by atoms with E-state index in [0.29, 0.717) is 37.1 Å². The molecule has 9 heteroatoms. The summed E-state index contributed by atoms with van der Waals surface area (Å²) in [4.78, 5) is 21.9. The molecule has 0 radical (unpaired) electrons. The second-order valence-electron chi connectivity index (χ2n) is 7.36. The van der Waals surface area contributed by atoms with Crippen molar-refractivity contribution in [3.05, 3.63) is 40.0 Å². The Hall–Kier alpha value is -2.39. The molecule has 0 aliphatic carbocycles. The summed E-state index contributed by atoms with van der Waals surface area (Å²) in [5, 5.41) is 9.44. The van der Waals surface area contributed by atoms with Crippen LogP contribution >= 0.6 is 15.9 Å². The molecule has 0 bridgehead atoms. The van der Waals surface area contributed by atoms with Crippen molar-refractivity contribution >= 4 is 33.4 Å². The number of piperidine rings is 1. The van der Waals surface area contributed by atoms with Crippen LogP contribution in [-0.4, -0.2) is 54.0 Å². The molecule has 0 unspecified atom stereocenters. The van der Waals surface area contributed by atoms with Gasteiger partial charge in [-0.05, 0) is 50.3 Å². The molecule has 30 heavy (non-hydrogen) atoms. The van der Waals surface area contributed by atoms with Crippen molar-refractivity contribution in [3.63, 3.8) is 0 Å². The van der Waals surface area contributed by atoms with E-state index in [-0.39, 0.29) is 6.01 Å². The number of nitrogens with zero attached hydrogens (tertiary/aromatic N) is 3. The number of hydrogen-bond donors (Lipinski definition) is 2. The molecule has 1 aromatic carbocycles. The molecule has 1 fully saturated rings. The number of carboxylic acids is 1. The first kappa shape index (κ1) is 22.3. The Morgan fingerprint density at radius 1 is 1.23 bits per heavy atom. The van der Waals surface area contributed by atoms with E-state index in [1.165, 1.54) is 0 Å². The molecule has 1 aliphatic heterocycles. The third-order valence-electron chi connectivity index (χ3n) is 5.13. The van der Waals surface area contributed by atoms with E-state index in [2.05, 4.69) is 30.8 Å². The van der Waals surface area contributed by atoms with Gasteiger partial charge in [-0.15, -0.1) is 0 Å². The van der Waals surface area contributed by atoms with Gasteiger partial charge in [-0.2, -0.15) is 4.98 Å². The number of aromatic nitrogens is 2. The summed E-state index contributed by atoms with van der Waals surface area (Å²) in [5.74, 6) is 0.0691. The second kappa shape index (κ2) is 10.6. The Morgan fingerprint density at radius 2 is 2.00 bits per heavy atom. The monoisotopic (exact) mass is 478 g/mol. The maximum absolute atomic E-state index is 11.5. The zero-order chi connectivity index (χ0) is 21.5. The lowest BCUT2D eigenvalue weighted by molar-refractivity contribution is 0.0697. The van der Waals surface area contributed by atoms with Crippen molar-refractivity contribution in [2.45, 2.75) is 26.2 Å².